The summed E-state index contributed by atoms with van der Waals surface area (Å²) in [7, 11) is 0. The predicted molar refractivity (Wildman–Crippen MR) is 102 cm³/mol. The third-order valence-corrected chi connectivity index (χ3v) is 5.74. The maximum Gasteiger partial charge on any atom is 0.490 e. The molecule has 2 aliphatic rings. The van der Waals surface area contributed by atoms with Crippen molar-refractivity contribution in [3.63, 3.8) is 0 Å². The van der Waals surface area contributed by atoms with Gasteiger partial charge >= 0.3 is 12.1 Å². The first-order valence-corrected chi connectivity index (χ1v) is 10.4. The molecule has 31 heavy (non-hydrogen) atoms. The van der Waals surface area contributed by atoms with E-state index < -0.39 is 18.0 Å². The third kappa shape index (κ3) is 6.11. The summed E-state index contributed by atoms with van der Waals surface area (Å²) in [5.74, 6) is -3.12. The van der Waals surface area contributed by atoms with Crippen LogP contribution in [0.25, 0.3) is 0 Å². The van der Waals surface area contributed by atoms with Crippen molar-refractivity contribution in [1.29, 1.82) is 0 Å². The summed E-state index contributed by atoms with van der Waals surface area (Å²) in [6, 6.07) is 3.13. The molecule has 0 radical (unpaired) electrons. The number of aromatic nitrogens is 2. The lowest BCUT2D eigenvalue weighted by Crippen LogP contribution is -2.44. The van der Waals surface area contributed by atoms with Gasteiger partial charge in [-0.3, -0.25) is 4.90 Å². The number of hydrogen-bond donors (Lipinski definition) is 1. The van der Waals surface area contributed by atoms with E-state index in [1.807, 2.05) is 6.92 Å². The second kappa shape index (κ2) is 9.88. The predicted octanol–water partition coefficient (Wildman–Crippen LogP) is 3.43. The Hall–Kier alpha value is -2.31. The fourth-order valence-electron chi connectivity index (χ4n) is 3.59. The Morgan fingerprint density at radius 1 is 1.42 bits per heavy atom. The summed E-state index contributed by atoms with van der Waals surface area (Å²) in [4.78, 5) is 19.8. The molecule has 1 saturated carbocycles. The van der Waals surface area contributed by atoms with E-state index in [9.17, 15) is 17.6 Å². The van der Waals surface area contributed by atoms with Crippen molar-refractivity contribution < 1.29 is 36.9 Å². The number of fused-ring (bicyclic) bond motifs is 2. The topological polar surface area (TPSA) is 84.8 Å². The zero-order valence-electron chi connectivity index (χ0n) is 16.5. The summed E-state index contributed by atoms with van der Waals surface area (Å²) in [6.45, 7) is 4.29. The number of hydrogen-bond acceptors (Lipinski definition) is 7. The Bertz CT molecular complexity index is 895. The SMILES string of the molecule is Cc1nc(CN2CCOC3CCC2C3Oc2ncccc2F)cs1.O=C(O)C(F)(F)F. The van der Waals surface area contributed by atoms with Crippen LogP contribution in [0.1, 0.15) is 23.5 Å². The van der Waals surface area contributed by atoms with Gasteiger partial charge in [0.2, 0.25) is 0 Å². The van der Waals surface area contributed by atoms with Gasteiger partial charge in [-0.2, -0.15) is 13.2 Å². The van der Waals surface area contributed by atoms with E-state index in [-0.39, 0.29) is 24.1 Å². The third-order valence-electron chi connectivity index (χ3n) is 4.92. The average Bonchev–Trinajstić information content (AvgIpc) is 3.23. The van der Waals surface area contributed by atoms with E-state index in [0.717, 1.165) is 36.6 Å². The van der Waals surface area contributed by atoms with Crippen LogP contribution >= 0.6 is 11.3 Å². The van der Waals surface area contributed by atoms with Gasteiger partial charge in [-0.25, -0.2) is 19.2 Å². The molecule has 170 valence electrons. The summed E-state index contributed by atoms with van der Waals surface area (Å²) in [5, 5.41) is 10.3. The zero-order valence-corrected chi connectivity index (χ0v) is 17.3. The van der Waals surface area contributed by atoms with Crippen molar-refractivity contribution in [3.8, 4) is 5.88 Å². The molecule has 1 N–H and O–H groups in total. The standard InChI is InChI=1S/C17H20FN3O2S.C2HF3O2/c1-11-20-12(10-24-11)9-21-7-8-22-15-5-4-14(21)16(15)23-17-13(18)3-2-6-19-17;3-2(4,5)1(6)7/h2-3,6,10,14-16H,4-5,7-9H2,1H3;(H,6,7). The first-order valence-electron chi connectivity index (χ1n) is 9.49. The lowest BCUT2D eigenvalue weighted by molar-refractivity contribution is -0.192. The lowest BCUT2D eigenvalue weighted by Gasteiger charge is -2.30. The molecule has 2 aromatic rings. The van der Waals surface area contributed by atoms with Gasteiger partial charge in [0.05, 0.1) is 23.4 Å². The molecule has 2 bridgehead atoms. The van der Waals surface area contributed by atoms with E-state index in [4.69, 9.17) is 19.4 Å². The molecular formula is C19H21F4N3O4S. The van der Waals surface area contributed by atoms with Gasteiger partial charge in [0, 0.05) is 30.7 Å². The van der Waals surface area contributed by atoms with Crippen LogP contribution in [-0.2, 0) is 16.1 Å². The minimum atomic E-state index is -5.08. The van der Waals surface area contributed by atoms with E-state index in [1.54, 1.807) is 23.6 Å². The van der Waals surface area contributed by atoms with Gasteiger partial charge in [0.1, 0.15) is 6.10 Å². The van der Waals surface area contributed by atoms with Crippen molar-refractivity contribution >= 4 is 17.3 Å². The quantitative estimate of drug-likeness (QED) is 0.696. The molecule has 1 aliphatic carbocycles. The molecule has 3 unspecified atom stereocenters. The van der Waals surface area contributed by atoms with Crippen LogP contribution in [-0.4, -0.2) is 63.5 Å². The molecule has 2 aromatic heterocycles. The number of thiazole rings is 1. The maximum atomic E-state index is 13.9. The molecule has 3 atom stereocenters. The highest BCUT2D eigenvalue weighted by Gasteiger charge is 2.44. The summed E-state index contributed by atoms with van der Waals surface area (Å²) >= 11 is 1.66. The van der Waals surface area contributed by atoms with Crippen LogP contribution in [0.2, 0.25) is 0 Å². The Balaban J connectivity index is 0.000000339. The molecule has 0 amide bonds. The van der Waals surface area contributed by atoms with Gasteiger partial charge < -0.3 is 14.6 Å². The van der Waals surface area contributed by atoms with Crippen molar-refractivity contribution in [2.75, 3.05) is 13.2 Å². The highest BCUT2D eigenvalue weighted by atomic mass is 32.1. The van der Waals surface area contributed by atoms with Crippen molar-refractivity contribution in [3.05, 3.63) is 40.2 Å². The highest BCUT2D eigenvalue weighted by molar-refractivity contribution is 7.09. The number of aliphatic carboxylic acids is 1. The van der Waals surface area contributed by atoms with E-state index in [2.05, 4.69) is 20.2 Å². The number of rotatable bonds is 4. The molecule has 4 rings (SSSR count). The fourth-order valence-corrected chi connectivity index (χ4v) is 4.20. The number of ether oxygens (including phenoxy) is 2. The fraction of sp³-hybridized carbons (Fsp3) is 0.526. The normalized spacial score (nSPS) is 23.6. The molecule has 0 aromatic carbocycles. The number of pyridine rings is 1. The minimum absolute atomic E-state index is 0.00132. The second-order valence-corrected chi connectivity index (χ2v) is 8.12. The molecule has 12 heteroatoms. The maximum absolute atomic E-state index is 13.9. The first-order chi connectivity index (χ1) is 14.6. The van der Waals surface area contributed by atoms with Crippen LogP contribution in [0.3, 0.4) is 0 Å². The summed E-state index contributed by atoms with van der Waals surface area (Å²) in [5.41, 5.74) is 1.07. The van der Waals surface area contributed by atoms with Crippen LogP contribution in [0.15, 0.2) is 23.7 Å². The number of aryl methyl sites for hydroxylation is 1. The second-order valence-electron chi connectivity index (χ2n) is 7.06. The van der Waals surface area contributed by atoms with Crippen LogP contribution < -0.4 is 4.74 Å². The Morgan fingerprint density at radius 3 is 2.77 bits per heavy atom. The van der Waals surface area contributed by atoms with Crippen molar-refractivity contribution in [2.24, 2.45) is 0 Å². The van der Waals surface area contributed by atoms with Crippen LogP contribution in [0, 0.1) is 12.7 Å². The number of halogens is 4. The minimum Gasteiger partial charge on any atom is -0.475 e. The summed E-state index contributed by atoms with van der Waals surface area (Å²) in [6.07, 6.45) is -1.83. The highest BCUT2D eigenvalue weighted by Crippen LogP contribution is 2.34. The zero-order chi connectivity index (χ0) is 22.6. The Kier molecular flexibility index (Phi) is 7.44. The Morgan fingerprint density at radius 2 is 2.16 bits per heavy atom. The molecule has 1 aliphatic heterocycles. The summed E-state index contributed by atoms with van der Waals surface area (Å²) < 4.78 is 57.6. The molecule has 2 fully saturated rings. The van der Waals surface area contributed by atoms with Gasteiger partial charge in [-0.15, -0.1) is 11.3 Å². The number of carboxylic acid groups (broad SMARTS) is 1. The molecule has 3 heterocycles. The van der Waals surface area contributed by atoms with Gasteiger partial charge in [0.25, 0.3) is 5.88 Å². The van der Waals surface area contributed by atoms with Crippen molar-refractivity contribution in [2.45, 2.75) is 50.7 Å². The Labute approximate surface area is 179 Å². The number of nitrogens with zero attached hydrogens (tertiary/aromatic N) is 3. The van der Waals surface area contributed by atoms with Gasteiger partial charge in [-0.1, -0.05) is 0 Å². The van der Waals surface area contributed by atoms with E-state index in [1.165, 1.54) is 6.07 Å². The smallest absolute Gasteiger partial charge is 0.475 e. The van der Waals surface area contributed by atoms with E-state index in [0.29, 0.717) is 6.61 Å². The monoisotopic (exact) mass is 463 g/mol. The molecular weight excluding hydrogens is 442 g/mol. The molecule has 7 nitrogen and oxygen atoms in total. The lowest BCUT2D eigenvalue weighted by atomic mass is 10.1. The average molecular weight is 463 g/mol. The van der Waals surface area contributed by atoms with Gasteiger partial charge in [0.15, 0.2) is 5.82 Å². The molecule has 0 spiro atoms. The van der Waals surface area contributed by atoms with Gasteiger partial charge in [-0.05, 0) is 31.9 Å². The number of carboxylic acids is 1. The van der Waals surface area contributed by atoms with Crippen LogP contribution in [0.4, 0.5) is 17.6 Å². The van der Waals surface area contributed by atoms with Crippen LogP contribution in [0.5, 0.6) is 5.88 Å². The molecule has 1 saturated heterocycles. The largest absolute Gasteiger partial charge is 0.490 e. The first kappa shape index (κ1) is 23.4. The number of carbonyl (C=O) groups is 1. The van der Waals surface area contributed by atoms with E-state index >= 15 is 0 Å². The number of alkyl halides is 3. The van der Waals surface area contributed by atoms with Crippen molar-refractivity contribution in [1.82, 2.24) is 14.9 Å².